The first-order valence-electron chi connectivity index (χ1n) is 9.15. The molecule has 0 unspecified atom stereocenters. The summed E-state index contributed by atoms with van der Waals surface area (Å²) in [7, 11) is 1.83. The maximum atomic E-state index is 10.0. The minimum Gasteiger partial charge on any atom is -0.506 e. The Bertz CT molecular complexity index is 733. The van der Waals surface area contributed by atoms with Crippen LogP contribution in [0.25, 0.3) is 0 Å². The molecular formula is C19H28N6O. The van der Waals surface area contributed by atoms with E-state index in [1.54, 1.807) is 6.07 Å². The van der Waals surface area contributed by atoms with Gasteiger partial charge in [-0.2, -0.15) is 5.10 Å². The highest BCUT2D eigenvalue weighted by molar-refractivity contribution is 5.80. The maximum absolute atomic E-state index is 10.0. The minimum atomic E-state index is 0.345. The number of rotatable bonds is 5. The molecule has 0 bridgehead atoms. The Morgan fingerprint density at radius 2 is 2.00 bits per heavy atom. The largest absolute Gasteiger partial charge is 0.506 e. The lowest BCUT2D eigenvalue weighted by atomic mass is 10.2. The van der Waals surface area contributed by atoms with Crippen LogP contribution in [0.3, 0.4) is 0 Å². The lowest BCUT2D eigenvalue weighted by molar-refractivity contribution is 0.369. The van der Waals surface area contributed by atoms with Gasteiger partial charge in [0, 0.05) is 52.5 Å². The van der Waals surface area contributed by atoms with E-state index in [9.17, 15) is 5.11 Å². The molecule has 1 aliphatic rings. The van der Waals surface area contributed by atoms with E-state index in [1.807, 2.05) is 36.1 Å². The van der Waals surface area contributed by atoms with Crippen LogP contribution in [0.1, 0.15) is 12.0 Å². The van der Waals surface area contributed by atoms with Gasteiger partial charge >= 0.3 is 0 Å². The molecule has 0 saturated carbocycles. The Hall–Kier alpha value is -2.70. The van der Waals surface area contributed by atoms with E-state index in [0.29, 0.717) is 5.75 Å². The van der Waals surface area contributed by atoms with Crippen molar-refractivity contribution in [2.75, 3.05) is 44.7 Å². The second kappa shape index (κ2) is 8.60. The number of benzene rings is 1. The number of nitrogens with zero attached hydrogens (tertiary/aromatic N) is 5. The van der Waals surface area contributed by atoms with Crippen molar-refractivity contribution in [3.63, 3.8) is 0 Å². The van der Waals surface area contributed by atoms with Crippen molar-refractivity contribution in [3.8, 4) is 5.75 Å². The molecule has 2 heterocycles. The SMILES string of the molecule is CN=C(NCCCn1cc(C)cn1)N1CCN(c2ccccc2O)CC1. The summed E-state index contributed by atoms with van der Waals surface area (Å²) >= 11 is 0. The average molecular weight is 356 g/mol. The maximum Gasteiger partial charge on any atom is 0.193 e. The standard InChI is InChI=1S/C19H28N6O/c1-16-14-22-25(15-16)9-5-8-21-19(20-2)24-12-10-23(11-13-24)17-6-3-4-7-18(17)26/h3-4,6-7,14-15,26H,5,8-13H2,1-2H3,(H,20,21). The number of guanidine groups is 1. The van der Waals surface area contributed by atoms with Gasteiger partial charge in [-0.1, -0.05) is 12.1 Å². The van der Waals surface area contributed by atoms with Gasteiger partial charge < -0.3 is 20.2 Å². The first-order valence-corrected chi connectivity index (χ1v) is 9.15. The van der Waals surface area contributed by atoms with Gasteiger partial charge in [0.25, 0.3) is 0 Å². The summed E-state index contributed by atoms with van der Waals surface area (Å²) in [5, 5.41) is 17.8. The fourth-order valence-electron chi connectivity index (χ4n) is 3.25. The van der Waals surface area contributed by atoms with Crippen molar-refractivity contribution >= 4 is 11.6 Å². The van der Waals surface area contributed by atoms with Crippen LogP contribution in [0.2, 0.25) is 0 Å². The van der Waals surface area contributed by atoms with Crippen molar-refractivity contribution in [1.82, 2.24) is 20.0 Å². The van der Waals surface area contributed by atoms with Crippen LogP contribution in [0, 0.1) is 6.92 Å². The normalized spacial score (nSPS) is 15.4. The topological polar surface area (TPSA) is 68.9 Å². The lowest BCUT2D eigenvalue weighted by Crippen LogP contribution is -2.52. The Morgan fingerprint density at radius 1 is 1.23 bits per heavy atom. The Labute approximate surface area is 154 Å². The summed E-state index contributed by atoms with van der Waals surface area (Å²) in [6.45, 7) is 7.32. The molecule has 1 saturated heterocycles. The van der Waals surface area contributed by atoms with E-state index >= 15 is 0 Å². The molecule has 0 atom stereocenters. The summed E-state index contributed by atoms with van der Waals surface area (Å²) in [4.78, 5) is 8.91. The van der Waals surface area contributed by atoms with Crippen molar-refractivity contribution in [3.05, 3.63) is 42.2 Å². The second-order valence-corrected chi connectivity index (χ2v) is 6.57. The predicted molar refractivity (Wildman–Crippen MR) is 105 cm³/mol. The van der Waals surface area contributed by atoms with Crippen molar-refractivity contribution in [2.45, 2.75) is 19.9 Å². The van der Waals surface area contributed by atoms with Gasteiger partial charge in [0.2, 0.25) is 0 Å². The van der Waals surface area contributed by atoms with Crippen LogP contribution in [-0.2, 0) is 6.54 Å². The lowest BCUT2D eigenvalue weighted by Gasteiger charge is -2.37. The number of anilines is 1. The highest BCUT2D eigenvalue weighted by Crippen LogP contribution is 2.27. The monoisotopic (exact) mass is 356 g/mol. The third-order valence-electron chi connectivity index (χ3n) is 4.62. The van der Waals surface area contributed by atoms with E-state index in [1.165, 1.54) is 5.56 Å². The Balaban J connectivity index is 1.44. The molecule has 0 spiro atoms. The summed E-state index contributed by atoms with van der Waals surface area (Å²) in [5.41, 5.74) is 2.10. The number of aliphatic imine (C=N–C) groups is 1. The second-order valence-electron chi connectivity index (χ2n) is 6.57. The number of nitrogens with one attached hydrogen (secondary N) is 1. The van der Waals surface area contributed by atoms with E-state index in [2.05, 4.69) is 38.3 Å². The van der Waals surface area contributed by atoms with Gasteiger partial charge in [-0.3, -0.25) is 9.67 Å². The smallest absolute Gasteiger partial charge is 0.193 e. The number of aryl methyl sites for hydroxylation is 2. The highest BCUT2D eigenvalue weighted by Gasteiger charge is 2.21. The number of phenolic OH excluding ortho intramolecular Hbond substituents is 1. The fraction of sp³-hybridized carbons (Fsp3) is 0.474. The number of aromatic hydroxyl groups is 1. The van der Waals surface area contributed by atoms with Gasteiger partial charge in [0.05, 0.1) is 11.9 Å². The summed E-state index contributed by atoms with van der Waals surface area (Å²) in [6, 6.07) is 7.52. The third-order valence-corrected chi connectivity index (χ3v) is 4.62. The molecule has 2 aromatic rings. The number of hydrogen-bond donors (Lipinski definition) is 2. The van der Waals surface area contributed by atoms with Crippen LogP contribution >= 0.6 is 0 Å². The molecule has 1 aromatic carbocycles. The van der Waals surface area contributed by atoms with Gasteiger partial charge in [0.1, 0.15) is 5.75 Å². The van der Waals surface area contributed by atoms with Gasteiger partial charge in [0.15, 0.2) is 5.96 Å². The summed E-state index contributed by atoms with van der Waals surface area (Å²) < 4.78 is 1.98. The number of phenols is 1. The van der Waals surface area contributed by atoms with E-state index in [-0.39, 0.29) is 0 Å². The van der Waals surface area contributed by atoms with Crippen molar-refractivity contribution in [2.24, 2.45) is 4.99 Å². The molecule has 3 rings (SSSR count). The van der Waals surface area contributed by atoms with Crippen molar-refractivity contribution < 1.29 is 5.11 Å². The minimum absolute atomic E-state index is 0.345. The molecule has 7 heteroatoms. The zero-order valence-corrected chi connectivity index (χ0v) is 15.6. The molecule has 1 aliphatic heterocycles. The van der Waals surface area contributed by atoms with Crippen LogP contribution in [0.15, 0.2) is 41.7 Å². The number of para-hydroxylation sites is 2. The van der Waals surface area contributed by atoms with Crippen LogP contribution in [0.4, 0.5) is 5.69 Å². The predicted octanol–water partition coefficient (Wildman–Crippen LogP) is 1.68. The van der Waals surface area contributed by atoms with E-state index < -0.39 is 0 Å². The highest BCUT2D eigenvalue weighted by atomic mass is 16.3. The molecular weight excluding hydrogens is 328 g/mol. The number of piperazine rings is 1. The zero-order valence-electron chi connectivity index (χ0n) is 15.6. The van der Waals surface area contributed by atoms with Crippen LogP contribution in [0.5, 0.6) is 5.75 Å². The molecule has 0 amide bonds. The third kappa shape index (κ3) is 4.47. The molecule has 7 nitrogen and oxygen atoms in total. The zero-order chi connectivity index (χ0) is 18.4. The number of hydrogen-bond acceptors (Lipinski definition) is 4. The van der Waals surface area contributed by atoms with E-state index in [0.717, 1.165) is 57.3 Å². The molecule has 0 aliphatic carbocycles. The molecule has 26 heavy (non-hydrogen) atoms. The van der Waals surface area contributed by atoms with Crippen molar-refractivity contribution in [1.29, 1.82) is 0 Å². The Kier molecular flexibility index (Phi) is 5.99. The van der Waals surface area contributed by atoms with Gasteiger partial charge in [-0.05, 0) is 31.0 Å². The molecule has 1 fully saturated rings. The summed E-state index contributed by atoms with van der Waals surface area (Å²) in [5.74, 6) is 1.29. The van der Waals surface area contributed by atoms with Gasteiger partial charge in [-0.25, -0.2) is 0 Å². The molecule has 2 N–H and O–H groups in total. The summed E-state index contributed by atoms with van der Waals surface area (Å²) in [6.07, 6.45) is 4.95. The first-order chi connectivity index (χ1) is 12.7. The first kappa shape index (κ1) is 18.1. The van der Waals surface area contributed by atoms with Gasteiger partial charge in [-0.15, -0.1) is 0 Å². The average Bonchev–Trinajstić information content (AvgIpc) is 3.08. The molecule has 0 radical (unpaired) electrons. The Morgan fingerprint density at radius 3 is 2.65 bits per heavy atom. The fourth-order valence-corrected chi connectivity index (χ4v) is 3.25. The quantitative estimate of drug-likeness (QED) is 0.485. The number of aromatic nitrogens is 2. The van der Waals surface area contributed by atoms with Crippen LogP contribution < -0.4 is 10.2 Å². The molecule has 1 aromatic heterocycles. The molecule has 140 valence electrons. The van der Waals surface area contributed by atoms with E-state index in [4.69, 9.17) is 0 Å². The van der Waals surface area contributed by atoms with Crippen LogP contribution in [-0.4, -0.2) is 65.5 Å².